The first-order valence-corrected chi connectivity index (χ1v) is 4.92. The summed E-state index contributed by atoms with van der Waals surface area (Å²) in [5.41, 5.74) is 0.440. The van der Waals surface area contributed by atoms with E-state index in [1.807, 2.05) is 6.07 Å². The molecule has 0 aromatic heterocycles. The van der Waals surface area contributed by atoms with Crippen LogP contribution in [0.4, 0.5) is 0 Å². The van der Waals surface area contributed by atoms with Crippen LogP contribution in [-0.4, -0.2) is 0 Å². The molecule has 0 radical (unpaired) electrons. The standard InChI is InChI=1S/C13H10ClNO/c1-3-11(14)12(4-2)16-13-8-6-5-7-10(13)9-15/h3-8H,1-2H2. The molecule has 0 saturated carbocycles. The SMILES string of the molecule is C=CC(Cl)=C(C=C)Oc1ccccc1C#N. The maximum absolute atomic E-state index is 8.87. The van der Waals surface area contributed by atoms with Crippen molar-refractivity contribution in [2.45, 2.75) is 0 Å². The van der Waals surface area contributed by atoms with Gasteiger partial charge in [0.2, 0.25) is 0 Å². The second-order valence-electron chi connectivity index (χ2n) is 2.83. The molecule has 2 nitrogen and oxygen atoms in total. The summed E-state index contributed by atoms with van der Waals surface area (Å²) >= 11 is 5.86. The van der Waals surface area contributed by atoms with Gasteiger partial charge in [-0.25, -0.2) is 0 Å². The summed E-state index contributed by atoms with van der Waals surface area (Å²) in [5, 5.41) is 9.22. The van der Waals surface area contributed by atoms with E-state index in [0.717, 1.165) is 0 Å². The number of benzene rings is 1. The fraction of sp³-hybridized carbons (Fsp3) is 0. The number of hydrogen-bond acceptors (Lipinski definition) is 2. The molecule has 0 fully saturated rings. The Labute approximate surface area is 99.7 Å². The zero-order valence-corrected chi connectivity index (χ0v) is 9.37. The van der Waals surface area contributed by atoms with Crippen molar-refractivity contribution in [2.24, 2.45) is 0 Å². The van der Waals surface area contributed by atoms with Crippen LogP contribution in [0.25, 0.3) is 0 Å². The van der Waals surface area contributed by atoms with Gasteiger partial charge in [0.15, 0.2) is 0 Å². The van der Waals surface area contributed by atoms with Crippen LogP contribution in [0.2, 0.25) is 0 Å². The average molecular weight is 232 g/mol. The monoisotopic (exact) mass is 231 g/mol. The van der Waals surface area contributed by atoms with Gasteiger partial charge < -0.3 is 4.74 Å². The molecule has 0 atom stereocenters. The molecule has 0 heterocycles. The minimum atomic E-state index is 0.350. The molecule has 16 heavy (non-hydrogen) atoms. The highest BCUT2D eigenvalue weighted by molar-refractivity contribution is 6.31. The van der Waals surface area contributed by atoms with E-state index in [4.69, 9.17) is 21.6 Å². The molecule has 0 spiro atoms. The zero-order chi connectivity index (χ0) is 12.0. The molecule has 0 unspecified atom stereocenters. The van der Waals surface area contributed by atoms with Crippen molar-refractivity contribution < 1.29 is 4.74 Å². The number of allylic oxidation sites excluding steroid dienone is 3. The molecule has 1 aromatic carbocycles. The van der Waals surface area contributed by atoms with Crippen LogP contribution in [0.1, 0.15) is 5.56 Å². The molecule has 1 aromatic rings. The van der Waals surface area contributed by atoms with Crippen molar-refractivity contribution >= 4 is 11.6 Å². The van der Waals surface area contributed by atoms with Gasteiger partial charge in [0, 0.05) is 0 Å². The predicted octanol–water partition coefficient (Wildman–Crippen LogP) is 3.76. The summed E-state index contributed by atoms with van der Waals surface area (Å²) in [6.45, 7) is 7.11. The highest BCUT2D eigenvalue weighted by atomic mass is 35.5. The van der Waals surface area contributed by atoms with Gasteiger partial charge in [-0.3, -0.25) is 0 Å². The molecule has 80 valence electrons. The van der Waals surface area contributed by atoms with E-state index in [9.17, 15) is 0 Å². The molecule has 0 bridgehead atoms. The van der Waals surface area contributed by atoms with Gasteiger partial charge >= 0.3 is 0 Å². The van der Waals surface area contributed by atoms with Gasteiger partial charge in [0.25, 0.3) is 0 Å². The average Bonchev–Trinajstić information content (AvgIpc) is 2.35. The van der Waals surface area contributed by atoms with Crippen molar-refractivity contribution in [1.29, 1.82) is 5.26 Å². The molecule has 3 heteroatoms. The first-order chi connectivity index (χ1) is 7.72. The molecular formula is C13H10ClNO. The van der Waals surface area contributed by atoms with Crippen molar-refractivity contribution in [3.05, 3.63) is 65.9 Å². The molecule has 0 N–H and O–H groups in total. The lowest BCUT2D eigenvalue weighted by molar-refractivity contribution is 0.442. The summed E-state index contributed by atoms with van der Waals surface area (Å²) in [4.78, 5) is 0. The maximum Gasteiger partial charge on any atom is 0.145 e. The van der Waals surface area contributed by atoms with Crippen molar-refractivity contribution in [3.8, 4) is 11.8 Å². The van der Waals surface area contributed by atoms with E-state index in [0.29, 0.717) is 22.1 Å². The summed E-state index contributed by atoms with van der Waals surface area (Å²) in [7, 11) is 0. The highest BCUT2D eigenvalue weighted by Gasteiger charge is 2.05. The second-order valence-corrected chi connectivity index (χ2v) is 3.24. The van der Waals surface area contributed by atoms with Gasteiger partial charge in [-0.05, 0) is 24.3 Å². The van der Waals surface area contributed by atoms with Crippen LogP contribution in [-0.2, 0) is 0 Å². The Bertz CT molecular complexity index is 483. The summed E-state index contributed by atoms with van der Waals surface area (Å²) in [5.74, 6) is 0.819. The van der Waals surface area contributed by atoms with Crippen LogP contribution >= 0.6 is 11.6 Å². The van der Waals surface area contributed by atoms with E-state index in [1.54, 1.807) is 24.3 Å². The van der Waals surface area contributed by atoms with Crippen LogP contribution < -0.4 is 4.74 Å². The zero-order valence-electron chi connectivity index (χ0n) is 8.61. The molecule has 0 aliphatic rings. The topological polar surface area (TPSA) is 33.0 Å². The Balaban J connectivity index is 3.09. The minimum absolute atomic E-state index is 0.350. The third-order valence-corrected chi connectivity index (χ3v) is 2.17. The number of ether oxygens (including phenoxy) is 1. The van der Waals surface area contributed by atoms with E-state index < -0.39 is 0 Å². The fourth-order valence-electron chi connectivity index (χ4n) is 1.05. The van der Waals surface area contributed by atoms with Crippen LogP contribution in [0.3, 0.4) is 0 Å². The molecule has 1 rings (SSSR count). The third-order valence-electron chi connectivity index (χ3n) is 1.83. The number of hydrogen-bond donors (Lipinski definition) is 0. The molecule has 0 saturated heterocycles. The van der Waals surface area contributed by atoms with Crippen LogP contribution in [0, 0.1) is 11.3 Å². The van der Waals surface area contributed by atoms with Gasteiger partial charge in [-0.2, -0.15) is 5.26 Å². The maximum atomic E-state index is 8.87. The lowest BCUT2D eigenvalue weighted by atomic mass is 10.2. The first kappa shape index (κ1) is 12.1. The number of nitrogens with zero attached hydrogens (tertiary/aromatic N) is 1. The lowest BCUT2D eigenvalue weighted by Gasteiger charge is -2.08. The third kappa shape index (κ3) is 2.75. The smallest absolute Gasteiger partial charge is 0.145 e. The van der Waals surface area contributed by atoms with Crippen LogP contribution in [0.15, 0.2) is 60.4 Å². The minimum Gasteiger partial charge on any atom is -0.454 e. The Hall–Kier alpha value is -1.98. The number of halogens is 1. The van der Waals surface area contributed by atoms with Crippen molar-refractivity contribution in [1.82, 2.24) is 0 Å². The van der Waals surface area contributed by atoms with Crippen molar-refractivity contribution in [3.63, 3.8) is 0 Å². The van der Waals surface area contributed by atoms with E-state index in [1.165, 1.54) is 12.2 Å². The Morgan fingerprint density at radius 3 is 2.56 bits per heavy atom. The summed E-state index contributed by atoms with van der Waals surface area (Å²) < 4.78 is 5.47. The largest absolute Gasteiger partial charge is 0.454 e. The van der Waals surface area contributed by atoms with E-state index in [2.05, 4.69) is 13.2 Å². The van der Waals surface area contributed by atoms with E-state index in [-0.39, 0.29) is 0 Å². The van der Waals surface area contributed by atoms with Gasteiger partial charge in [-0.15, -0.1) is 0 Å². The molecule has 0 amide bonds. The predicted molar refractivity (Wildman–Crippen MR) is 65.1 cm³/mol. The fourth-order valence-corrected chi connectivity index (χ4v) is 1.17. The van der Waals surface area contributed by atoms with Gasteiger partial charge in [0.05, 0.1) is 10.6 Å². The molecule has 0 aliphatic carbocycles. The normalized spacial score (nSPS) is 11.0. The van der Waals surface area contributed by atoms with Gasteiger partial charge in [-0.1, -0.05) is 36.9 Å². The van der Waals surface area contributed by atoms with E-state index >= 15 is 0 Å². The Morgan fingerprint density at radius 2 is 2.00 bits per heavy atom. The van der Waals surface area contributed by atoms with Crippen molar-refractivity contribution in [2.75, 3.05) is 0 Å². The Kier molecular flexibility index (Phi) is 4.38. The molecular weight excluding hydrogens is 222 g/mol. The quantitative estimate of drug-likeness (QED) is 0.584. The van der Waals surface area contributed by atoms with Crippen LogP contribution in [0.5, 0.6) is 5.75 Å². The van der Waals surface area contributed by atoms with Gasteiger partial charge in [0.1, 0.15) is 17.6 Å². The summed E-state index contributed by atoms with van der Waals surface area (Å²) in [6.07, 6.45) is 2.92. The lowest BCUT2D eigenvalue weighted by Crippen LogP contribution is -1.95. The number of nitriles is 1. The Morgan fingerprint density at radius 1 is 1.31 bits per heavy atom. The number of rotatable bonds is 4. The molecule has 0 aliphatic heterocycles. The number of para-hydroxylation sites is 1. The first-order valence-electron chi connectivity index (χ1n) is 4.54. The summed E-state index contributed by atoms with van der Waals surface area (Å²) in [6, 6.07) is 8.92. The second kappa shape index (κ2) is 5.79. The highest BCUT2D eigenvalue weighted by Crippen LogP contribution is 2.22.